The highest BCUT2D eigenvalue weighted by molar-refractivity contribution is 6.30. The van der Waals surface area contributed by atoms with Crippen molar-refractivity contribution in [2.24, 2.45) is 0 Å². The van der Waals surface area contributed by atoms with E-state index < -0.39 is 0 Å². The number of hydrogen-bond acceptors (Lipinski definition) is 2. The van der Waals surface area contributed by atoms with Gasteiger partial charge in [-0.3, -0.25) is 9.59 Å². The van der Waals surface area contributed by atoms with Crippen molar-refractivity contribution in [2.75, 3.05) is 13.1 Å². The molecule has 0 bridgehead atoms. The number of nitrogens with zero attached hydrogens (tertiary/aromatic N) is 1. The van der Waals surface area contributed by atoms with Crippen LogP contribution in [-0.2, 0) is 10.2 Å². The molecule has 0 saturated carbocycles. The molecule has 1 saturated heterocycles. The molecule has 28 heavy (non-hydrogen) atoms. The summed E-state index contributed by atoms with van der Waals surface area (Å²) in [5.41, 5.74) is 3.73. The van der Waals surface area contributed by atoms with Gasteiger partial charge in [0, 0.05) is 30.8 Å². The lowest BCUT2D eigenvalue weighted by atomic mass is 9.86. The standard InChI is InChI=1S/C23H27ClN2O2/c1-23(2,3)17-10-8-16(9-11-17)18(20-13-12-19(24)22(28)25-20)6-4-14-26-15-5-7-21(26)27/h6,8-13H,4-5,7,14-15H2,1-3H3,(H,25,28). The Hall–Kier alpha value is -2.33. The summed E-state index contributed by atoms with van der Waals surface area (Å²) in [4.78, 5) is 28.6. The first kappa shape index (κ1) is 20.4. The van der Waals surface area contributed by atoms with Crippen molar-refractivity contribution >= 4 is 23.1 Å². The van der Waals surface area contributed by atoms with Crippen molar-refractivity contribution < 1.29 is 4.79 Å². The van der Waals surface area contributed by atoms with Gasteiger partial charge in [-0.25, -0.2) is 0 Å². The average molecular weight is 399 g/mol. The van der Waals surface area contributed by atoms with Gasteiger partial charge in [0.15, 0.2) is 0 Å². The predicted molar refractivity (Wildman–Crippen MR) is 115 cm³/mol. The van der Waals surface area contributed by atoms with E-state index in [0.29, 0.717) is 13.0 Å². The average Bonchev–Trinajstić information content (AvgIpc) is 3.06. The summed E-state index contributed by atoms with van der Waals surface area (Å²) in [7, 11) is 0. The number of rotatable bonds is 5. The maximum Gasteiger partial charge on any atom is 0.267 e. The first-order valence-corrected chi connectivity index (χ1v) is 10.1. The SMILES string of the molecule is CC(C)(C)c1ccc(C(=CCCN2CCCC2=O)c2ccc(Cl)c(=O)[nH]2)cc1. The summed E-state index contributed by atoms with van der Waals surface area (Å²) in [5.74, 6) is 0.226. The minimum absolute atomic E-state index is 0.0765. The maximum absolute atomic E-state index is 12.0. The van der Waals surface area contributed by atoms with E-state index >= 15 is 0 Å². The fraction of sp³-hybridized carbons (Fsp3) is 0.391. The molecule has 4 nitrogen and oxygen atoms in total. The van der Waals surface area contributed by atoms with E-state index in [0.717, 1.165) is 36.2 Å². The van der Waals surface area contributed by atoms with Crippen LogP contribution in [0.4, 0.5) is 0 Å². The molecule has 0 spiro atoms. The smallest absolute Gasteiger partial charge is 0.267 e. The Morgan fingerprint density at radius 2 is 1.86 bits per heavy atom. The summed E-state index contributed by atoms with van der Waals surface area (Å²) in [6.45, 7) is 8.08. The normalized spacial score (nSPS) is 15.4. The van der Waals surface area contributed by atoms with E-state index in [9.17, 15) is 9.59 Å². The lowest BCUT2D eigenvalue weighted by Gasteiger charge is -2.20. The van der Waals surface area contributed by atoms with Gasteiger partial charge in [0.05, 0.1) is 0 Å². The number of halogens is 1. The molecule has 3 rings (SSSR count). The molecule has 1 amide bonds. The number of hydrogen-bond donors (Lipinski definition) is 1. The highest BCUT2D eigenvalue weighted by atomic mass is 35.5. The van der Waals surface area contributed by atoms with Crippen molar-refractivity contribution in [2.45, 2.75) is 45.4 Å². The van der Waals surface area contributed by atoms with Crippen LogP contribution in [0.2, 0.25) is 5.02 Å². The van der Waals surface area contributed by atoms with Crippen molar-refractivity contribution in [1.82, 2.24) is 9.88 Å². The van der Waals surface area contributed by atoms with E-state index in [2.05, 4.69) is 56.1 Å². The van der Waals surface area contributed by atoms with Gasteiger partial charge in [-0.2, -0.15) is 0 Å². The zero-order valence-corrected chi connectivity index (χ0v) is 17.5. The molecule has 1 aliphatic heterocycles. The van der Waals surface area contributed by atoms with Crippen LogP contribution in [0.1, 0.15) is 56.9 Å². The molecule has 5 heteroatoms. The quantitative estimate of drug-likeness (QED) is 0.788. The minimum atomic E-state index is -0.300. The lowest BCUT2D eigenvalue weighted by Crippen LogP contribution is -2.25. The predicted octanol–water partition coefficient (Wildman–Crippen LogP) is 4.77. The maximum atomic E-state index is 12.0. The molecule has 2 aromatic rings. The van der Waals surface area contributed by atoms with Gasteiger partial charge in [0.25, 0.3) is 5.56 Å². The van der Waals surface area contributed by atoms with Crippen LogP contribution in [0.5, 0.6) is 0 Å². The molecule has 0 radical (unpaired) electrons. The van der Waals surface area contributed by atoms with E-state index in [4.69, 9.17) is 11.6 Å². The van der Waals surface area contributed by atoms with Crippen LogP contribution in [0.15, 0.2) is 47.3 Å². The van der Waals surface area contributed by atoms with Crippen LogP contribution in [-0.4, -0.2) is 28.9 Å². The topological polar surface area (TPSA) is 53.2 Å². The molecule has 0 atom stereocenters. The first-order chi connectivity index (χ1) is 13.3. The zero-order chi connectivity index (χ0) is 20.3. The molecular weight excluding hydrogens is 372 g/mol. The van der Waals surface area contributed by atoms with Gasteiger partial charge in [0.1, 0.15) is 5.02 Å². The Labute approximate surface area is 171 Å². The van der Waals surface area contributed by atoms with Crippen molar-refractivity contribution in [3.05, 3.63) is 74.7 Å². The number of H-pyrrole nitrogens is 1. The monoisotopic (exact) mass is 398 g/mol. The summed E-state index contributed by atoms with van der Waals surface area (Å²) >= 11 is 5.90. The van der Waals surface area contributed by atoms with Crippen molar-refractivity contribution in [1.29, 1.82) is 0 Å². The highest BCUT2D eigenvalue weighted by Crippen LogP contribution is 2.27. The molecule has 2 heterocycles. The molecule has 148 valence electrons. The Morgan fingerprint density at radius 1 is 1.14 bits per heavy atom. The number of pyridine rings is 1. The van der Waals surface area contributed by atoms with Gasteiger partial charge < -0.3 is 9.88 Å². The van der Waals surface area contributed by atoms with Crippen LogP contribution < -0.4 is 5.56 Å². The molecule has 1 aromatic carbocycles. The number of aromatic nitrogens is 1. The Morgan fingerprint density at radius 3 is 2.43 bits per heavy atom. The summed E-state index contributed by atoms with van der Waals surface area (Å²) in [6, 6.07) is 11.9. The minimum Gasteiger partial charge on any atom is -0.342 e. The van der Waals surface area contributed by atoms with Gasteiger partial charge in [0.2, 0.25) is 5.91 Å². The summed E-state index contributed by atoms with van der Waals surface area (Å²) in [5, 5.41) is 0.175. The fourth-order valence-electron chi connectivity index (χ4n) is 3.45. The van der Waals surface area contributed by atoms with Crippen molar-refractivity contribution in [3.63, 3.8) is 0 Å². The summed E-state index contributed by atoms with van der Waals surface area (Å²) < 4.78 is 0. The number of likely N-dealkylation sites (tertiary alicyclic amines) is 1. The van der Waals surface area contributed by atoms with E-state index in [1.165, 1.54) is 5.56 Å². The van der Waals surface area contributed by atoms with Gasteiger partial charge in [-0.1, -0.05) is 62.7 Å². The molecule has 1 fully saturated rings. The second-order valence-corrected chi connectivity index (χ2v) is 8.67. The number of carbonyl (C=O) groups excluding carboxylic acids is 1. The first-order valence-electron chi connectivity index (χ1n) is 9.74. The number of nitrogens with one attached hydrogen (secondary N) is 1. The molecule has 0 aliphatic carbocycles. The van der Waals surface area contributed by atoms with Crippen LogP contribution in [0.25, 0.3) is 5.57 Å². The third kappa shape index (κ3) is 4.74. The third-order valence-corrected chi connectivity index (χ3v) is 5.43. The molecule has 0 unspecified atom stereocenters. The van der Waals surface area contributed by atoms with E-state index in [1.807, 2.05) is 11.0 Å². The second kappa shape index (κ2) is 8.36. The van der Waals surface area contributed by atoms with Crippen molar-refractivity contribution in [3.8, 4) is 0 Å². The van der Waals surface area contributed by atoms with Gasteiger partial charge in [-0.15, -0.1) is 0 Å². The molecule has 1 aromatic heterocycles. The Bertz CT molecular complexity index is 936. The Balaban J connectivity index is 1.91. The molecule has 1 aliphatic rings. The fourth-order valence-corrected chi connectivity index (χ4v) is 3.56. The second-order valence-electron chi connectivity index (χ2n) is 8.27. The number of amides is 1. The molecular formula is C23H27ClN2O2. The number of benzene rings is 1. The Kier molecular flexibility index (Phi) is 6.09. The lowest BCUT2D eigenvalue weighted by molar-refractivity contribution is -0.127. The third-order valence-electron chi connectivity index (χ3n) is 5.13. The number of carbonyl (C=O) groups is 1. The van der Waals surface area contributed by atoms with Crippen LogP contribution in [0.3, 0.4) is 0 Å². The number of aromatic amines is 1. The molecule has 1 N–H and O–H groups in total. The summed E-state index contributed by atoms with van der Waals surface area (Å²) in [6.07, 6.45) is 4.41. The van der Waals surface area contributed by atoms with Crippen LogP contribution in [0, 0.1) is 0 Å². The highest BCUT2D eigenvalue weighted by Gasteiger charge is 2.19. The van der Waals surface area contributed by atoms with E-state index in [1.54, 1.807) is 6.07 Å². The van der Waals surface area contributed by atoms with E-state index in [-0.39, 0.29) is 21.9 Å². The van der Waals surface area contributed by atoms with Gasteiger partial charge >= 0.3 is 0 Å². The van der Waals surface area contributed by atoms with Crippen LogP contribution >= 0.6 is 11.6 Å². The zero-order valence-electron chi connectivity index (χ0n) is 16.7. The largest absolute Gasteiger partial charge is 0.342 e. The van der Waals surface area contributed by atoms with Gasteiger partial charge in [-0.05, 0) is 41.5 Å².